The van der Waals surface area contributed by atoms with Gasteiger partial charge >= 0.3 is 12.2 Å². The summed E-state index contributed by atoms with van der Waals surface area (Å²) in [6, 6.07) is 30.5. The number of carbonyl (C=O) groups is 6. The van der Waals surface area contributed by atoms with Gasteiger partial charge in [0, 0.05) is 53.4 Å². The SMILES string of the molecule is Cc1cc(C2CC2[C@H](C)N(Cc2ccccc2)C(=O)CN2C(=O)OC(c3c[nH]c4ccccc34)C2=O)cc(C)c1C1OC(=O)N(CC(=O)N(Cc2ccccc2)[C@@H](C)C2CC2)C1=O. The van der Waals surface area contributed by atoms with Gasteiger partial charge in [0.1, 0.15) is 13.1 Å². The third kappa shape index (κ3) is 8.19. The minimum atomic E-state index is -1.17. The fourth-order valence-electron chi connectivity index (χ4n) is 9.63. The fraction of sp³-hybridized carbons (Fsp3) is 0.360. The van der Waals surface area contributed by atoms with E-state index in [4.69, 9.17) is 9.47 Å². The highest BCUT2D eigenvalue weighted by Crippen LogP contribution is 2.52. The highest BCUT2D eigenvalue weighted by atomic mass is 16.6. The van der Waals surface area contributed by atoms with E-state index in [-0.39, 0.29) is 42.3 Å². The number of aryl methyl sites for hydroxylation is 2. The number of nitrogens with zero attached hydrogens (tertiary/aromatic N) is 4. The van der Waals surface area contributed by atoms with Gasteiger partial charge in [-0.3, -0.25) is 19.2 Å². The number of carbonyl (C=O) groups excluding carboxylic acids is 6. The normalized spacial score (nSPS) is 21.7. The molecule has 324 valence electrons. The summed E-state index contributed by atoms with van der Waals surface area (Å²) in [5.74, 6) is -1.29. The lowest BCUT2D eigenvalue weighted by molar-refractivity contribution is -0.140. The first-order valence-corrected chi connectivity index (χ1v) is 21.8. The Morgan fingerprint density at radius 3 is 1.78 bits per heavy atom. The minimum Gasteiger partial charge on any atom is -0.431 e. The van der Waals surface area contributed by atoms with E-state index in [0.29, 0.717) is 23.6 Å². The van der Waals surface area contributed by atoms with Crippen LogP contribution >= 0.6 is 0 Å². The van der Waals surface area contributed by atoms with Crippen molar-refractivity contribution in [1.29, 1.82) is 0 Å². The molecule has 63 heavy (non-hydrogen) atoms. The Morgan fingerprint density at radius 2 is 1.21 bits per heavy atom. The summed E-state index contributed by atoms with van der Waals surface area (Å²) < 4.78 is 11.3. The van der Waals surface area contributed by atoms with Crippen molar-refractivity contribution in [1.82, 2.24) is 24.6 Å². The highest BCUT2D eigenvalue weighted by Gasteiger charge is 2.49. The van der Waals surface area contributed by atoms with Gasteiger partial charge in [0.05, 0.1) is 0 Å². The molecule has 4 unspecified atom stereocenters. The number of aromatic amines is 1. The molecule has 1 N–H and O–H groups in total. The molecule has 1 aromatic heterocycles. The van der Waals surface area contributed by atoms with Gasteiger partial charge in [-0.1, -0.05) is 91.0 Å². The molecule has 2 saturated carbocycles. The van der Waals surface area contributed by atoms with Gasteiger partial charge in [-0.2, -0.15) is 0 Å². The third-order valence-corrected chi connectivity index (χ3v) is 13.4. The lowest BCUT2D eigenvalue weighted by Gasteiger charge is -2.31. The molecule has 2 saturated heterocycles. The maximum atomic E-state index is 14.3. The molecule has 6 amide bonds. The van der Waals surface area contributed by atoms with Crippen LogP contribution in [0.2, 0.25) is 0 Å². The number of hydrogen-bond acceptors (Lipinski definition) is 8. The molecule has 4 fully saturated rings. The van der Waals surface area contributed by atoms with Crippen LogP contribution in [0.15, 0.2) is 103 Å². The molecule has 3 heterocycles. The van der Waals surface area contributed by atoms with Gasteiger partial charge in [-0.05, 0) is 98.6 Å². The number of rotatable bonds is 15. The Bertz CT molecular complexity index is 2580. The second-order valence-corrected chi connectivity index (χ2v) is 17.6. The van der Waals surface area contributed by atoms with Gasteiger partial charge in [0.25, 0.3) is 11.8 Å². The molecule has 13 heteroatoms. The van der Waals surface area contributed by atoms with Gasteiger partial charge < -0.3 is 24.3 Å². The molecule has 2 aliphatic carbocycles. The molecule has 13 nitrogen and oxygen atoms in total. The van der Waals surface area contributed by atoms with Crippen LogP contribution in [0.1, 0.15) is 90.2 Å². The zero-order valence-corrected chi connectivity index (χ0v) is 35.9. The maximum Gasteiger partial charge on any atom is 0.418 e. The van der Waals surface area contributed by atoms with E-state index in [1.54, 1.807) is 16.0 Å². The molecular formula is C50H51N5O8. The summed E-state index contributed by atoms with van der Waals surface area (Å²) in [4.78, 5) is 90.6. The van der Waals surface area contributed by atoms with Crippen LogP contribution in [-0.4, -0.2) is 85.6 Å². The van der Waals surface area contributed by atoms with E-state index >= 15 is 0 Å². The number of amides is 6. The molecule has 2 aliphatic heterocycles. The van der Waals surface area contributed by atoms with Crippen LogP contribution < -0.4 is 0 Å². The number of aromatic nitrogens is 1. The van der Waals surface area contributed by atoms with Crippen molar-refractivity contribution in [3.05, 3.63) is 142 Å². The van der Waals surface area contributed by atoms with Crippen LogP contribution in [0, 0.1) is 25.7 Å². The Labute approximate surface area is 365 Å². The summed E-state index contributed by atoms with van der Waals surface area (Å²) in [6.07, 6.45) is 0.498. The number of ether oxygens (including phenoxy) is 2. The Balaban J connectivity index is 0.886. The molecule has 5 aromatic rings. The largest absolute Gasteiger partial charge is 0.431 e. The van der Waals surface area contributed by atoms with Crippen LogP contribution in [0.3, 0.4) is 0 Å². The van der Waals surface area contributed by atoms with E-state index in [9.17, 15) is 28.8 Å². The molecule has 4 aromatic carbocycles. The van der Waals surface area contributed by atoms with Gasteiger partial charge in [0.15, 0.2) is 0 Å². The number of fused-ring (bicyclic) bond motifs is 1. The summed E-state index contributed by atoms with van der Waals surface area (Å²) in [5, 5.41) is 0.763. The Hall–Kier alpha value is -6.76. The Morgan fingerprint density at radius 1 is 0.698 bits per heavy atom. The van der Waals surface area contributed by atoms with Crippen LogP contribution in [0.4, 0.5) is 9.59 Å². The quantitative estimate of drug-likeness (QED) is 0.112. The van der Waals surface area contributed by atoms with E-state index < -0.39 is 49.3 Å². The average Bonchev–Trinajstić information content (AvgIpc) is 4.21. The second-order valence-electron chi connectivity index (χ2n) is 17.6. The van der Waals surface area contributed by atoms with Crippen molar-refractivity contribution in [3.8, 4) is 0 Å². The Kier molecular flexibility index (Phi) is 11.1. The van der Waals surface area contributed by atoms with Crippen LogP contribution in [0.5, 0.6) is 0 Å². The number of hydrogen-bond donors (Lipinski definition) is 1. The van der Waals surface area contributed by atoms with Gasteiger partial charge in [-0.15, -0.1) is 0 Å². The first-order valence-electron chi connectivity index (χ1n) is 21.8. The summed E-state index contributed by atoms with van der Waals surface area (Å²) in [7, 11) is 0. The van der Waals surface area contributed by atoms with Crippen molar-refractivity contribution in [2.24, 2.45) is 11.8 Å². The molecule has 0 spiro atoms. The second kappa shape index (κ2) is 16.8. The first kappa shape index (κ1) is 41.6. The number of benzene rings is 4. The predicted octanol–water partition coefficient (Wildman–Crippen LogP) is 7.87. The van der Waals surface area contributed by atoms with Crippen molar-refractivity contribution >= 4 is 46.7 Å². The number of imide groups is 2. The number of H-pyrrole nitrogens is 1. The van der Waals surface area contributed by atoms with Crippen LogP contribution in [0.25, 0.3) is 10.9 Å². The lowest BCUT2D eigenvalue weighted by Crippen LogP contribution is -2.46. The summed E-state index contributed by atoms with van der Waals surface area (Å²) in [5.41, 5.74) is 6.41. The highest BCUT2D eigenvalue weighted by molar-refractivity contribution is 6.05. The van der Waals surface area contributed by atoms with Crippen molar-refractivity contribution in [3.63, 3.8) is 0 Å². The van der Waals surface area contributed by atoms with Crippen LogP contribution in [-0.2, 0) is 41.7 Å². The fourth-order valence-corrected chi connectivity index (χ4v) is 9.63. The number of cyclic esters (lactones) is 2. The molecular weight excluding hydrogens is 799 g/mol. The lowest BCUT2D eigenvalue weighted by atomic mass is 9.92. The van der Waals surface area contributed by atoms with E-state index in [2.05, 4.69) is 4.98 Å². The van der Waals surface area contributed by atoms with Gasteiger partial charge in [-0.25, -0.2) is 19.4 Å². The minimum absolute atomic E-state index is 0.0332. The monoisotopic (exact) mass is 849 g/mol. The molecule has 0 radical (unpaired) electrons. The molecule has 9 rings (SSSR count). The topological polar surface area (TPSA) is 150 Å². The summed E-state index contributed by atoms with van der Waals surface area (Å²) in [6.45, 7) is 7.61. The van der Waals surface area contributed by atoms with Crippen molar-refractivity contribution < 1.29 is 38.2 Å². The first-order chi connectivity index (χ1) is 30.4. The van der Waals surface area contributed by atoms with E-state index in [1.165, 1.54) is 0 Å². The third-order valence-electron chi connectivity index (χ3n) is 13.4. The number of para-hydroxylation sites is 1. The van der Waals surface area contributed by atoms with Crippen molar-refractivity contribution in [2.45, 2.75) is 90.3 Å². The average molecular weight is 850 g/mol. The van der Waals surface area contributed by atoms with E-state index in [1.807, 2.05) is 125 Å². The standard InChI is InChI=1S/C50H51N5O8/c1-29-21-36(22-30(2)44(29)46-48(59)55(50(61)63-46)27-42(56)52(31(3)35-19-20-35)25-33-13-7-5-8-14-33)39-23-38(39)32(4)53(26-34-15-9-6-10-16-34)43(57)28-54-47(58)45(62-49(54)60)40-24-51-41-18-12-11-17-37(40)41/h5-18,21-22,24,31-32,35,38-39,45-46,51H,19-20,23,25-28H2,1-4H3/t31-,32-,38?,39?,45?,46?/m0/s1. The van der Waals surface area contributed by atoms with Crippen molar-refractivity contribution in [2.75, 3.05) is 13.1 Å². The smallest absolute Gasteiger partial charge is 0.418 e. The predicted molar refractivity (Wildman–Crippen MR) is 233 cm³/mol. The maximum absolute atomic E-state index is 14.3. The molecule has 4 aliphatic rings. The van der Waals surface area contributed by atoms with Gasteiger partial charge in [0.2, 0.25) is 24.0 Å². The van der Waals surface area contributed by atoms with E-state index in [0.717, 1.165) is 67.8 Å². The zero-order chi connectivity index (χ0) is 44.1. The number of nitrogens with one attached hydrogen (secondary N) is 1. The zero-order valence-electron chi connectivity index (χ0n) is 35.9. The summed E-state index contributed by atoms with van der Waals surface area (Å²) >= 11 is 0. The molecule has 0 bridgehead atoms. The molecule has 6 atom stereocenters.